The molecule has 0 atom stereocenters. The summed E-state index contributed by atoms with van der Waals surface area (Å²) < 4.78 is 0.731. The molecule has 0 amide bonds. The molecule has 0 radical (unpaired) electrons. The first-order valence-electron chi connectivity index (χ1n) is 4.49. The number of nitrogens with one attached hydrogen (secondary N) is 1. The largest absolute Gasteiger partial charge is 0.367 e. The Kier molecular flexibility index (Phi) is 5.74. The molecule has 3 nitrogen and oxygen atoms in total. The Morgan fingerprint density at radius 1 is 1.67 bits per heavy atom. The van der Waals surface area contributed by atoms with Gasteiger partial charge in [-0.2, -0.15) is 5.26 Å². The molecule has 1 rings (SSSR count). The third kappa shape index (κ3) is 5.35. The van der Waals surface area contributed by atoms with Crippen molar-refractivity contribution in [2.45, 2.75) is 13.0 Å². The SMILES string of the molecule is N#CCCSC(=S)NCc1cccnc1. The lowest BCUT2D eigenvalue weighted by Gasteiger charge is -2.05. The third-order valence-corrected chi connectivity index (χ3v) is 2.92. The summed E-state index contributed by atoms with van der Waals surface area (Å²) in [4.78, 5) is 4.00. The molecule has 0 aromatic carbocycles. The molecule has 0 saturated carbocycles. The second-order valence-electron chi connectivity index (χ2n) is 2.76. The zero-order valence-electron chi connectivity index (χ0n) is 8.14. The Balaban J connectivity index is 2.20. The minimum atomic E-state index is 0.527. The molecular weight excluding hydrogens is 226 g/mol. The van der Waals surface area contributed by atoms with Crippen LogP contribution in [-0.4, -0.2) is 15.1 Å². The van der Waals surface area contributed by atoms with Crippen LogP contribution in [0.2, 0.25) is 0 Å². The van der Waals surface area contributed by atoms with E-state index in [1.165, 1.54) is 11.8 Å². The molecule has 15 heavy (non-hydrogen) atoms. The summed E-state index contributed by atoms with van der Waals surface area (Å²) in [5, 5.41) is 11.5. The van der Waals surface area contributed by atoms with Crippen molar-refractivity contribution in [2.24, 2.45) is 0 Å². The van der Waals surface area contributed by atoms with Crippen molar-refractivity contribution < 1.29 is 0 Å². The topological polar surface area (TPSA) is 48.7 Å². The van der Waals surface area contributed by atoms with Gasteiger partial charge in [-0.1, -0.05) is 30.0 Å². The normalized spacial score (nSPS) is 9.27. The molecule has 0 aliphatic carbocycles. The molecule has 0 aliphatic heterocycles. The number of thioether (sulfide) groups is 1. The van der Waals surface area contributed by atoms with Crippen molar-refractivity contribution in [3.05, 3.63) is 30.1 Å². The van der Waals surface area contributed by atoms with Gasteiger partial charge in [0.25, 0.3) is 0 Å². The Morgan fingerprint density at radius 2 is 2.53 bits per heavy atom. The maximum Gasteiger partial charge on any atom is 0.134 e. The number of aromatic nitrogens is 1. The van der Waals surface area contributed by atoms with E-state index in [-0.39, 0.29) is 0 Å². The molecule has 1 aromatic heterocycles. The minimum Gasteiger partial charge on any atom is -0.367 e. The Labute approximate surface area is 98.9 Å². The van der Waals surface area contributed by atoms with Gasteiger partial charge in [-0.05, 0) is 11.6 Å². The van der Waals surface area contributed by atoms with E-state index in [9.17, 15) is 0 Å². The molecule has 0 saturated heterocycles. The van der Waals surface area contributed by atoms with Crippen LogP contribution in [0.5, 0.6) is 0 Å². The predicted molar refractivity (Wildman–Crippen MR) is 66.4 cm³/mol. The maximum absolute atomic E-state index is 8.35. The van der Waals surface area contributed by atoms with Gasteiger partial charge in [0.2, 0.25) is 0 Å². The Bertz CT molecular complexity index is 345. The van der Waals surface area contributed by atoms with Crippen LogP contribution in [0.25, 0.3) is 0 Å². The molecule has 0 bridgehead atoms. The highest BCUT2D eigenvalue weighted by atomic mass is 32.2. The monoisotopic (exact) mass is 237 g/mol. The molecule has 1 heterocycles. The first-order chi connectivity index (χ1) is 7.33. The maximum atomic E-state index is 8.35. The smallest absolute Gasteiger partial charge is 0.134 e. The molecule has 0 spiro atoms. The van der Waals surface area contributed by atoms with Crippen LogP contribution in [0.4, 0.5) is 0 Å². The van der Waals surface area contributed by atoms with Gasteiger partial charge >= 0.3 is 0 Å². The molecule has 0 aliphatic rings. The van der Waals surface area contributed by atoms with Crippen LogP contribution in [-0.2, 0) is 6.54 Å². The second kappa shape index (κ2) is 7.21. The fraction of sp³-hybridized carbons (Fsp3) is 0.300. The quantitative estimate of drug-likeness (QED) is 0.642. The van der Waals surface area contributed by atoms with Gasteiger partial charge < -0.3 is 5.32 Å². The number of pyridine rings is 1. The number of nitriles is 1. The fourth-order valence-corrected chi connectivity index (χ4v) is 1.79. The van der Waals surface area contributed by atoms with E-state index in [2.05, 4.69) is 16.4 Å². The van der Waals surface area contributed by atoms with Gasteiger partial charge in [-0.15, -0.1) is 0 Å². The van der Waals surface area contributed by atoms with E-state index in [1.54, 1.807) is 12.4 Å². The van der Waals surface area contributed by atoms with Crippen LogP contribution in [0, 0.1) is 11.3 Å². The lowest BCUT2D eigenvalue weighted by molar-refractivity contribution is 0.929. The third-order valence-electron chi connectivity index (χ3n) is 1.61. The van der Waals surface area contributed by atoms with E-state index < -0.39 is 0 Å². The summed E-state index contributed by atoms with van der Waals surface area (Å²) in [7, 11) is 0. The van der Waals surface area contributed by atoms with Gasteiger partial charge in [0, 0.05) is 31.1 Å². The molecule has 5 heteroatoms. The van der Waals surface area contributed by atoms with E-state index in [0.717, 1.165) is 15.6 Å². The number of hydrogen-bond donors (Lipinski definition) is 1. The van der Waals surface area contributed by atoms with Gasteiger partial charge in [0.05, 0.1) is 6.07 Å². The molecular formula is C10H11N3S2. The summed E-state index contributed by atoms with van der Waals surface area (Å²) in [6.07, 6.45) is 4.07. The molecule has 78 valence electrons. The molecule has 1 aromatic rings. The molecule has 0 unspecified atom stereocenters. The second-order valence-corrected chi connectivity index (χ2v) is 4.53. The van der Waals surface area contributed by atoms with E-state index in [1.807, 2.05) is 12.1 Å². The van der Waals surface area contributed by atoms with Crippen LogP contribution in [0.1, 0.15) is 12.0 Å². The van der Waals surface area contributed by atoms with Gasteiger partial charge in [0.1, 0.15) is 4.32 Å². The number of thiocarbonyl (C=S) groups is 1. The van der Waals surface area contributed by atoms with Crippen LogP contribution >= 0.6 is 24.0 Å². The summed E-state index contributed by atoms with van der Waals surface area (Å²) >= 11 is 6.59. The van der Waals surface area contributed by atoms with Crippen LogP contribution < -0.4 is 5.32 Å². The van der Waals surface area contributed by atoms with Crippen molar-refractivity contribution >= 4 is 28.3 Å². The first kappa shape index (κ1) is 12.0. The standard InChI is InChI=1S/C10H11N3S2/c11-4-2-6-15-10(14)13-8-9-3-1-5-12-7-9/h1,3,5,7H,2,6,8H2,(H,13,14). The highest BCUT2D eigenvalue weighted by Gasteiger charge is 1.97. The van der Waals surface area contributed by atoms with Gasteiger partial charge in [-0.25, -0.2) is 0 Å². The summed E-state index contributed by atoms with van der Waals surface area (Å²) in [6.45, 7) is 0.687. The zero-order valence-corrected chi connectivity index (χ0v) is 9.77. The number of rotatable bonds is 4. The number of nitrogens with zero attached hydrogens (tertiary/aromatic N) is 2. The fourth-order valence-electron chi connectivity index (χ4n) is 0.917. The van der Waals surface area contributed by atoms with Crippen molar-refractivity contribution in [1.82, 2.24) is 10.3 Å². The highest BCUT2D eigenvalue weighted by molar-refractivity contribution is 8.22. The van der Waals surface area contributed by atoms with Crippen LogP contribution in [0.3, 0.4) is 0 Å². The summed E-state index contributed by atoms with van der Waals surface area (Å²) in [6, 6.07) is 5.96. The summed E-state index contributed by atoms with van der Waals surface area (Å²) in [5.74, 6) is 0.745. The van der Waals surface area contributed by atoms with Gasteiger partial charge in [0.15, 0.2) is 0 Å². The lowest BCUT2D eigenvalue weighted by atomic mass is 10.3. The average Bonchev–Trinajstić information content (AvgIpc) is 2.28. The zero-order chi connectivity index (χ0) is 10.9. The predicted octanol–water partition coefficient (Wildman–Crippen LogP) is 2.10. The lowest BCUT2D eigenvalue weighted by Crippen LogP contribution is -2.18. The van der Waals surface area contributed by atoms with E-state index >= 15 is 0 Å². The van der Waals surface area contributed by atoms with Crippen molar-refractivity contribution in [3.8, 4) is 6.07 Å². The van der Waals surface area contributed by atoms with E-state index in [4.69, 9.17) is 17.5 Å². The Hall–Kier alpha value is -1.12. The van der Waals surface area contributed by atoms with Crippen molar-refractivity contribution in [3.63, 3.8) is 0 Å². The van der Waals surface area contributed by atoms with Gasteiger partial charge in [-0.3, -0.25) is 4.98 Å². The summed E-state index contributed by atoms with van der Waals surface area (Å²) in [5.41, 5.74) is 1.10. The molecule has 0 fully saturated rings. The van der Waals surface area contributed by atoms with Crippen molar-refractivity contribution in [2.75, 3.05) is 5.75 Å². The first-order valence-corrected chi connectivity index (χ1v) is 5.89. The minimum absolute atomic E-state index is 0.527. The highest BCUT2D eigenvalue weighted by Crippen LogP contribution is 2.04. The van der Waals surface area contributed by atoms with Crippen LogP contribution in [0.15, 0.2) is 24.5 Å². The van der Waals surface area contributed by atoms with Crippen molar-refractivity contribution in [1.29, 1.82) is 5.26 Å². The number of hydrogen-bond acceptors (Lipinski definition) is 4. The Morgan fingerprint density at radius 3 is 3.20 bits per heavy atom. The average molecular weight is 237 g/mol. The van der Waals surface area contributed by atoms with E-state index in [0.29, 0.717) is 13.0 Å². The molecule has 1 N–H and O–H groups in total.